The van der Waals surface area contributed by atoms with Crippen LogP contribution in [0.3, 0.4) is 0 Å². The smallest absolute Gasteiger partial charge is 0.408 e. The molecule has 7 heteroatoms. The number of nitrogens with one attached hydrogen (secondary N) is 2. The average molecular weight is 490 g/mol. The molecule has 0 aliphatic rings. The maximum Gasteiger partial charge on any atom is 0.408 e. The minimum atomic E-state index is -0.799. The molecule has 2 unspecified atom stereocenters. The molecule has 0 bridgehead atoms. The Balaban J connectivity index is 3.32. The lowest BCUT2D eigenvalue weighted by molar-refractivity contribution is -0.142. The standard InChI is InChI=1S/C28H47N3O4/c1-10-12-13-16-29-25(32)24(22-15-14-20(5)21(6)18-22)31(11-2)26(33)23(17-19(3)4)30-27(34)35-28(7,8)9/h14-15,18-19,23-24H,10-13,16-17H2,1-9H3,(H,29,32)(H,30,34). The summed E-state index contributed by atoms with van der Waals surface area (Å²) in [7, 11) is 0. The summed E-state index contributed by atoms with van der Waals surface area (Å²) in [5.74, 6) is -0.348. The van der Waals surface area contributed by atoms with Crippen LogP contribution in [-0.2, 0) is 14.3 Å². The fourth-order valence-electron chi connectivity index (χ4n) is 3.90. The number of nitrogens with zero attached hydrogens (tertiary/aromatic N) is 1. The number of alkyl carbamates (subject to hydrolysis) is 1. The van der Waals surface area contributed by atoms with E-state index in [2.05, 4.69) is 17.6 Å². The highest BCUT2D eigenvalue weighted by Gasteiger charge is 2.35. The molecule has 198 valence electrons. The molecule has 3 amide bonds. The van der Waals surface area contributed by atoms with Crippen molar-refractivity contribution in [2.45, 2.75) is 106 Å². The number of amides is 3. The summed E-state index contributed by atoms with van der Waals surface area (Å²) in [6, 6.07) is 4.27. The van der Waals surface area contributed by atoms with Crippen molar-refractivity contribution in [3.8, 4) is 0 Å². The molecule has 0 fully saturated rings. The van der Waals surface area contributed by atoms with Crippen LogP contribution in [0.25, 0.3) is 0 Å². The third kappa shape index (κ3) is 10.3. The Morgan fingerprint density at radius 3 is 2.20 bits per heavy atom. The van der Waals surface area contributed by atoms with E-state index < -0.39 is 23.8 Å². The number of aryl methyl sites for hydroxylation is 2. The second-order valence-electron chi connectivity index (χ2n) is 10.7. The van der Waals surface area contributed by atoms with Crippen molar-refractivity contribution >= 4 is 17.9 Å². The first-order chi connectivity index (χ1) is 16.3. The number of hydrogen-bond acceptors (Lipinski definition) is 4. The normalized spacial score (nSPS) is 13.2. The van der Waals surface area contributed by atoms with Gasteiger partial charge in [0.25, 0.3) is 0 Å². The first-order valence-corrected chi connectivity index (χ1v) is 13.0. The summed E-state index contributed by atoms with van der Waals surface area (Å²) in [5.41, 5.74) is 2.26. The number of rotatable bonds is 12. The summed E-state index contributed by atoms with van der Waals surface area (Å²) >= 11 is 0. The van der Waals surface area contributed by atoms with E-state index in [1.807, 2.05) is 52.8 Å². The molecule has 0 radical (unpaired) electrons. The zero-order valence-corrected chi connectivity index (χ0v) is 23.3. The summed E-state index contributed by atoms with van der Waals surface area (Å²) in [6.45, 7) is 18.2. The minimum Gasteiger partial charge on any atom is -0.444 e. The molecule has 2 N–H and O–H groups in total. The maximum absolute atomic E-state index is 13.8. The van der Waals surface area contributed by atoms with Gasteiger partial charge in [0, 0.05) is 13.1 Å². The Bertz CT molecular complexity index is 845. The third-order valence-electron chi connectivity index (χ3n) is 5.81. The molecule has 0 aromatic heterocycles. The number of carbonyl (C=O) groups is 3. The first kappa shape index (κ1) is 30.5. The van der Waals surface area contributed by atoms with Crippen LogP contribution < -0.4 is 10.6 Å². The van der Waals surface area contributed by atoms with E-state index in [9.17, 15) is 14.4 Å². The number of ether oxygens (including phenoxy) is 1. The van der Waals surface area contributed by atoms with Crippen molar-refractivity contribution in [1.82, 2.24) is 15.5 Å². The molecule has 0 spiro atoms. The van der Waals surface area contributed by atoms with Gasteiger partial charge >= 0.3 is 6.09 Å². The number of benzene rings is 1. The van der Waals surface area contributed by atoms with Crippen molar-refractivity contribution in [2.75, 3.05) is 13.1 Å². The van der Waals surface area contributed by atoms with Crippen LogP contribution in [0.4, 0.5) is 4.79 Å². The highest BCUT2D eigenvalue weighted by molar-refractivity contribution is 5.92. The second-order valence-corrected chi connectivity index (χ2v) is 10.7. The van der Waals surface area contributed by atoms with Crippen molar-refractivity contribution in [2.24, 2.45) is 5.92 Å². The van der Waals surface area contributed by atoms with Gasteiger partial charge in [-0.2, -0.15) is 0 Å². The topological polar surface area (TPSA) is 87.7 Å². The molecule has 1 rings (SSSR count). The Morgan fingerprint density at radius 1 is 1.03 bits per heavy atom. The molecule has 7 nitrogen and oxygen atoms in total. The fourth-order valence-corrected chi connectivity index (χ4v) is 3.90. The predicted molar refractivity (Wildman–Crippen MR) is 141 cm³/mol. The monoisotopic (exact) mass is 489 g/mol. The van der Waals surface area contributed by atoms with Gasteiger partial charge in [0.15, 0.2) is 0 Å². The molecule has 2 atom stereocenters. The van der Waals surface area contributed by atoms with Crippen LogP contribution in [-0.4, -0.2) is 47.5 Å². The van der Waals surface area contributed by atoms with E-state index in [-0.39, 0.29) is 17.7 Å². The Kier molecular flexibility index (Phi) is 12.3. The van der Waals surface area contributed by atoms with Crippen molar-refractivity contribution in [3.63, 3.8) is 0 Å². The molecule has 0 aliphatic heterocycles. The van der Waals surface area contributed by atoms with Crippen molar-refractivity contribution in [3.05, 3.63) is 34.9 Å². The van der Waals surface area contributed by atoms with Gasteiger partial charge < -0.3 is 20.3 Å². The SMILES string of the molecule is CCCCCNC(=O)C(c1ccc(C)c(C)c1)N(CC)C(=O)C(CC(C)C)NC(=O)OC(C)(C)C. The first-order valence-electron chi connectivity index (χ1n) is 13.0. The fraction of sp³-hybridized carbons (Fsp3) is 0.679. The van der Waals surface area contributed by atoms with Crippen LogP contribution in [0.5, 0.6) is 0 Å². The molecular weight excluding hydrogens is 442 g/mol. The van der Waals surface area contributed by atoms with Crippen molar-refractivity contribution < 1.29 is 19.1 Å². The van der Waals surface area contributed by atoms with E-state index in [1.54, 1.807) is 25.7 Å². The zero-order valence-electron chi connectivity index (χ0n) is 23.3. The lowest BCUT2D eigenvalue weighted by atomic mass is 9.97. The average Bonchev–Trinajstić information content (AvgIpc) is 2.74. The summed E-state index contributed by atoms with van der Waals surface area (Å²) in [6.07, 6.45) is 2.77. The largest absolute Gasteiger partial charge is 0.444 e. The molecule has 1 aromatic carbocycles. The van der Waals surface area contributed by atoms with Gasteiger partial charge in [-0.25, -0.2) is 4.79 Å². The molecular formula is C28H47N3O4. The summed E-state index contributed by atoms with van der Waals surface area (Å²) in [5, 5.41) is 5.79. The van der Waals surface area contributed by atoms with Gasteiger partial charge in [-0.1, -0.05) is 51.8 Å². The van der Waals surface area contributed by atoms with Gasteiger partial charge in [0.05, 0.1) is 0 Å². The number of hydrogen-bond donors (Lipinski definition) is 2. The molecule has 0 saturated heterocycles. The maximum atomic E-state index is 13.8. The molecule has 0 saturated carbocycles. The second kappa shape index (κ2) is 14.1. The van der Waals surface area contributed by atoms with Crippen LogP contribution in [0, 0.1) is 19.8 Å². The minimum absolute atomic E-state index is 0.153. The number of unbranched alkanes of at least 4 members (excludes halogenated alkanes) is 2. The molecule has 35 heavy (non-hydrogen) atoms. The van der Waals surface area contributed by atoms with Gasteiger partial charge in [-0.05, 0) is 77.0 Å². The van der Waals surface area contributed by atoms with E-state index in [0.29, 0.717) is 19.5 Å². The Hall–Kier alpha value is -2.57. The molecule has 1 aromatic rings. The number of likely N-dealkylation sites (N-methyl/N-ethyl adjacent to an activating group) is 1. The van der Waals surface area contributed by atoms with Gasteiger partial charge in [0.2, 0.25) is 11.8 Å². The van der Waals surface area contributed by atoms with Crippen LogP contribution in [0.1, 0.15) is 96.9 Å². The van der Waals surface area contributed by atoms with Crippen LogP contribution in [0.2, 0.25) is 0 Å². The highest BCUT2D eigenvalue weighted by Crippen LogP contribution is 2.25. The number of carbonyl (C=O) groups excluding carboxylic acids is 3. The lowest BCUT2D eigenvalue weighted by Gasteiger charge is -2.34. The third-order valence-corrected chi connectivity index (χ3v) is 5.81. The van der Waals surface area contributed by atoms with Crippen molar-refractivity contribution in [1.29, 1.82) is 0 Å². The Morgan fingerprint density at radius 2 is 1.69 bits per heavy atom. The van der Waals surface area contributed by atoms with E-state index in [4.69, 9.17) is 4.74 Å². The van der Waals surface area contributed by atoms with E-state index in [0.717, 1.165) is 36.0 Å². The quantitative estimate of drug-likeness (QED) is 0.383. The highest BCUT2D eigenvalue weighted by atomic mass is 16.6. The van der Waals surface area contributed by atoms with Gasteiger partial charge in [0.1, 0.15) is 17.7 Å². The molecule has 0 heterocycles. The van der Waals surface area contributed by atoms with E-state index in [1.165, 1.54) is 0 Å². The predicted octanol–water partition coefficient (Wildman–Crippen LogP) is 5.44. The van der Waals surface area contributed by atoms with Crippen LogP contribution in [0.15, 0.2) is 18.2 Å². The van der Waals surface area contributed by atoms with Gasteiger partial charge in [-0.3, -0.25) is 9.59 Å². The van der Waals surface area contributed by atoms with Crippen LogP contribution >= 0.6 is 0 Å². The molecule has 0 aliphatic carbocycles. The lowest BCUT2D eigenvalue weighted by Crippen LogP contribution is -2.53. The zero-order chi connectivity index (χ0) is 26.8. The Labute approximate surface area is 212 Å². The summed E-state index contributed by atoms with van der Waals surface area (Å²) < 4.78 is 5.41. The van der Waals surface area contributed by atoms with Gasteiger partial charge in [-0.15, -0.1) is 0 Å². The van der Waals surface area contributed by atoms with E-state index >= 15 is 0 Å². The summed E-state index contributed by atoms with van der Waals surface area (Å²) in [4.78, 5) is 41.4.